The van der Waals surface area contributed by atoms with Gasteiger partial charge in [0.05, 0.1) is 26.8 Å². The number of halogens is 1. The molecule has 4 aromatic rings. The van der Waals surface area contributed by atoms with Gasteiger partial charge in [-0.15, -0.1) is 0 Å². The van der Waals surface area contributed by atoms with Gasteiger partial charge in [0.2, 0.25) is 0 Å². The number of aromatic nitrogens is 3. The number of carbonyl (C=O) groups is 1. The number of thiazole rings is 1. The van der Waals surface area contributed by atoms with Crippen LogP contribution in [0.1, 0.15) is 21.7 Å². The molecule has 0 unspecified atom stereocenters. The molecule has 0 fully saturated rings. The predicted molar refractivity (Wildman–Crippen MR) is 98.2 cm³/mol. The summed E-state index contributed by atoms with van der Waals surface area (Å²) < 4.78 is 1.04. The molecule has 0 aliphatic rings. The van der Waals surface area contributed by atoms with Gasteiger partial charge in [-0.2, -0.15) is 0 Å². The van der Waals surface area contributed by atoms with E-state index in [0.29, 0.717) is 26.8 Å². The number of nitrogens with zero attached hydrogens (tertiary/aromatic N) is 2. The van der Waals surface area contributed by atoms with Gasteiger partial charge in [0, 0.05) is 5.02 Å². The first-order valence-electron chi connectivity index (χ1n) is 7.34. The van der Waals surface area contributed by atoms with E-state index in [9.17, 15) is 4.79 Å². The lowest BCUT2D eigenvalue weighted by Crippen LogP contribution is -2.12. The Hall–Kier alpha value is -2.44. The number of anilines is 1. The van der Waals surface area contributed by atoms with Crippen LogP contribution in [0.25, 0.3) is 21.3 Å². The minimum absolute atomic E-state index is 0.262. The van der Waals surface area contributed by atoms with Gasteiger partial charge in [-0.1, -0.05) is 29.0 Å². The SMILES string of the molecule is Cc1ccc2nc(NC(=O)c3cc(Cl)cc4nc(C)[nH]c34)sc2c1. The van der Waals surface area contributed by atoms with Gasteiger partial charge in [0.1, 0.15) is 5.82 Å². The van der Waals surface area contributed by atoms with E-state index in [0.717, 1.165) is 21.6 Å². The second-order valence-electron chi connectivity index (χ2n) is 5.61. The van der Waals surface area contributed by atoms with Crippen LogP contribution in [0.4, 0.5) is 5.13 Å². The predicted octanol–water partition coefficient (Wildman–Crippen LogP) is 4.70. The molecule has 0 aliphatic carbocycles. The molecule has 2 N–H and O–H groups in total. The molecule has 7 heteroatoms. The number of benzene rings is 2. The van der Waals surface area contributed by atoms with E-state index >= 15 is 0 Å². The Morgan fingerprint density at radius 2 is 2.00 bits per heavy atom. The summed E-state index contributed by atoms with van der Waals surface area (Å²) in [5.74, 6) is 0.471. The molecule has 0 saturated carbocycles. The first-order valence-corrected chi connectivity index (χ1v) is 8.53. The minimum atomic E-state index is -0.262. The van der Waals surface area contributed by atoms with Crippen LogP contribution in [0.15, 0.2) is 30.3 Å². The maximum atomic E-state index is 12.7. The highest BCUT2D eigenvalue weighted by Crippen LogP contribution is 2.28. The van der Waals surface area contributed by atoms with Crippen molar-refractivity contribution < 1.29 is 4.79 Å². The Morgan fingerprint density at radius 1 is 1.17 bits per heavy atom. The zero-order chi connectivity index (χ0) is 16.8. The summed E-state index contributed by atoms with van der Waals surface area (Å²) >= 11 is 7.56. The summed E-state index contributed by atoms with van der Waals surface area (Å²) in [6.07, 6.45) is 0. The van der Waals surface area contributed by atoms with Crippen molar-refractivity contribution in [3.63, 3.8) is 0 Å². The maximum Gasteiger partial charge on any atom is 0.259 e. The van der Waals surface area contributed by atoms with Crippen molar-refractivity contribution >= 4 is 55.2 Å². The summed E-state index contributed by atoms with van der Waals surface area (Å²) in [7, 11) is 0. The number of imidazole rings is 1. The second-order valence-corrected chi connectivity index (χ2v) is 7.08. The quantitative estimate of drug-likeness (QED) is 0.547. The van der Waals surface area contributed by atoms with Crippen molar-refractivity contribution in [1.82, 2.24) is 15.0 Å². The summed E-state index contributed by atoms with van der Waals surface area (Å²) in [4.78, 5) is 24.6. The molecule has 24 heavy (non-hydrogen) atoms. The average Bonchev–Trinajstić information content (AvgIpc) is 3.07. The Balaban J connectivity index is 1.73. The summed E-state index contributed by atoms with van der Waals surface area (Å²) in [5, 5.41) is 3.89. The summed E-state index contributed by atoms with van der Waals surface area (Å²) in [6.45, 7) is 3.87. The summed E-state index contributed by atoms with van der Waals surface area (Å²) in [6, 6.07) is 9.37. The molecule has 2 aromatic carbocycles. The van der Waals surface area contributed by atoms with E-state index in [1.165, 1.54) is 11.3 Å². The highest BCUT2D eigenvalue weighted by Gasteiger charge is 2.16. The van der Waals surface area contributed by atoms with Crippen molar-refractivity contribution in [1.29, 1.82) is 0 Å². The molecule has 0 aliphatic heterocycles. The largest absolute Gasteiger partial charge is 0.342 e. The fourth-order valence-corrected chi connectivity index (χ4v) is 3.80. The van der Waals surface area contributed by atoms with Gasteiger partial charge < -0.3 is 4.98 Å². The van der Waals surface area contributed by atoms with Crippen LogP contribution in [0.3, 0.4) is 0 Å². The van der Waals surface area contributed by atoms with Gasteiger partial charge in [-0.05, 0) is 43.7 Å². The zero-order valence-corrected chi connectivity index (χ0v) is 14.5. The lowest BCUT2D eigenvalue weighted by Gasteiger charge is -2.03. The number of aromatic amines is 1. The van der Waals surface area contributed by atoms with E-state index in [1.54, 1.807) is 12.1 Å². The molecule has 0 spiro atoms. The van der Waals surface area contributed by atoms with Crippen LogP contribution in [0.2, 0.25) is 5.02 Å². The Morgan fingerprint density at radius 3 is 2.83 bits per heavy atom. The first-order chi connectivity index (χ1) is 11.5. The highest BCUT2D eigenvalue weighted by molar-refractivity contribution is 7.22. The lowest BCUT2D eigenvalue weighted by molar-refractivity contribution is 0.102. The van der Waals surface area contributed by atoms with Crippen LogP contribution >= 0.6 is 22.9 Å². The highest BCUT2D eigenvalue weighted by atomic mass is 35.5. The molecule has 0 bridgehead atoms. The topological polar surface area (TPSA) is 70.7 Å². The number of aryl methyl sites for hydroxylation is 2. The normalized spacial score (nSPS) is 11.3. The monoisotopic (exact) mass is 356 g/mol. The number of amides is 1. The fraction of sp³-hybridized carbons (Fsp3) is 0.118. The van der Waals surface area contributed by atoms with Gasteiger partial charge in [-0.25, -0.2) is 9.97 Å². The molecule has 2 aromatic heterocycles. The van der Waals surface area contributed by atoms with Gasteiger partial charge >= 0.3 is 0 Å². The molecule has 5 nitrogen and oxygen atoms in total. The Labute approximate surface area is 146 Å². The maximum absolute atomic E-state index is 12.7. The molecule has 4 rings (SSSR count). The first kappa shape index (κ1) is 15.1. The third-order valence-electron chi connectivity index (χ3n) is 3.69. The van der Waals surface area contributed by atoms with E-state index < -0.39 is 0 Å². The van der Waals surface area contributed by atoms with Crippen molar-refractivity contribution in [2.45, 2.75) is 13.8 Å². The molecular formula is C17H13ClN4OS. The minimum Gasteiger partial charge on any atom is -0.342 e. The van der Waals surface area contributed by atoms with E-state index in [-0.39, 0.29) is 5.91 Å². The van der Waals surface area contributed by atoms with Crippen LogP contribution in [0.5, 0.6) is 0 Å². The van der Waals surface area contributed by atoms with Crippen molar-refractivity contribution in [3.8, 4) is 0 Å². The Bertz CT molecular complexity index is 1100. The number of rotatable bonds is 2. The third kappa shape index (κ3) is 2.64. The van der Waals surface area contributed by atoms with Crippen LogP contribution in [-0.4, -0.2) is 20.9 Å². The molecular weight excluding hydrogens is 344 g/mol. The summed E-state index contributed by atoms with van der Waals surface area (Å²) in [5.41, 5.74) is 3.83. The van der Waals surface area contributed by atoms with E-state index in [2.05, 4.69) is 26.3 Å². The number of H-pyrrole nitrogens is 1. The molecule has 0 atom stereocenters. The van der Waals surface area contributed by atoms with E-state index in [4.69, 9.17) is 11.6 Å². The Kier molecular flexibility index (Phi) is 3.51. The third-order valence-corrected chi connectivity index (χ3v) is 4.84. The number of hydrogen-bond acceptors (Lipinski definition) is 4. The van der Waals surface area contributed by atoms with Crippen LogP contribution in [0, 0.1) is 13.8 Å². The average molecular weight is 357 g/mol. The standard InChI is InChI=1S/C17H13ClN4OS/c1-8-3-4-12-14(5-8)24-17(21-12)22-16(23)11-6-10(18)7-13-15(11)20-9(2)19-13/h3-7H,1-2H3,(H,19,20)(H,21,22,23). The van der Waals surface area contributed by atoms with Crippen molar-refractivity contribution in [3.05, 3.63) is 52.3 Å². The van der Waals surface area contributed by atoms with Gasteiger partial charge in [0.15, 0.2) is 5.13 Å². The van der Waals surface area contributed by atoms with E-state index in [1.807, 2.05) is 26.0 Å². The van der Waals surface area contributed by atoms with Crippen molar-refractivity contribution in [2.24, 2.45) is 0 Å². The second kappa shape index (κ2) is 5.58. The fourth-order valence-electron chi connectivity index (χ4n) is 2.63. The number of hydrogen-bond donors (Lipinski definition) is 2. The number of fused-ring (bicyclic) bond motifs is 2. The van der Waals surface area contributed by atoms with Crippen LogP contribution in [-0.2, 0) is 0 Å². The smallest absolute Gasteiger partial charge is 0.259 e. The number of carbonyl (C=O) groups excluding carboxylic acids is 1. The van der Waals surface area contributed by atoms with Gasteiger partial charge in [-0.3, -0.25) is 10.1 Å². The molecule has 0 saturated heterocycles. The zero-order valence-electron chi connectivity index (χ0n) is 13.0. The molecule has 0 radical (unpaired) electrons. The molecule has 2 heterocycles. The van der Waals surface area contributed by atoms with Gasteiger partial charge in [0.25, 0.3) is 5.91 Å². The molecule has 120 valence electrons. The van der Waals surface area contributed by atoms with Crippen molar-refractivity contribution in [2.75, 3.05) is 5.32 Å². The number of nitrogens with one attached hydrogen (secondary N) is 2. The van der Waals surface area contributed by atoms with Crippen LogP contribution < -0.4 is 5.32 Å². The lowest BCUT2D eigenvalue weighted by atomic mass is 10.1. The molecule has 1 amide bonds.